The minimum atomic E-state index is -0.624. The van der Waals surface area contributed by atoms with Crippen molar-refractivity contribution in [3.05, 3.63) is 11.3 Å². The van der Waals surface area contributed by atoms with Crippen molar-refractivity contribution < 1.29 is 19.4 Å². The number of carbonyl (C=O) groups excluding carboxylic acids is 1. The van der Waals surface area contributed by atoms with Gasteiger partial charge >= 0.3 is 5.97 Å². The van der Waals surface area contributed by atoms with Crippen LogP contribution in [0, 0.1) is 11.3 Å². The van der Waals surface area contributed by atoms with E-state index in [9.17, 15) is 9.90 Å². The molecule has 20 heavy (non-hydrogen) atoms. The van der Waals surface area contributed by atoms with E-state index in [1.165, 1.54) is 0 Å². The van der Waals surface area contributed by atoms with Gasteiger partial charge in [-0.2, -0.15) is 0 Å². The molecule has 1 saturated heterocycles. The molecule has 0 unspecified atom stereocenters. The van der Waals surface area contributed by atoms with E-state index in [4.69, 9.17) is 9.47 Å². The standard InChI is InChI=1S/C15H21BrO4/c1-14(2)10-6-9(8-7-19-13(18)12(8)17)20-15(10,3)5-4-11(14)16/h9-11,17H,4-7H2,1-3H3/t9-,10+,11+,15+/m1/s1. The zero-order chi connectivity index (χ0) is 14.7. The normalized spacial score (nSPS) is 43.6. The highest BCUT2D eigenvalue weighted by molar-refractivity contribution is 9.09. The second kappa shape index (κ2) is 4.47. The quantitative estimate of drug-likeness (QED) is 0.586. The molecular formula is C15H21BrO4. The predicted octanol–water partition coefficient (Wildman–Crippen LogP) is 3.10. The highest BCUT2D eigenvalue weighted by Crippen LogP contribution is 2.57. The summed E-state index contributed by atoms with van der Waals surface area (Å²) in [5.74, 6) is -0.471. The van der Waals surface area contributed by atoms with Crippen LogP contribution in [-0.2, 0) is 14.3 Å². The van der Waals surface area contributed by atoms with Gasteiger partial charge < -0.3 is 14.6 Å². The Hall–Kier alpha value is -0.550. The first-order valence-corrected chi connectivity index (χ1v) is 8.08. The highest BCUT2D eigenvalue weighted by Gasteiger charge is 2.57. The van der Waals surface area contributed by atoms with Gasteiger partial charge in [0.2, 0.25) is 5.76 Å². The van der Waals surface area contributed by atoms with Crippen LogP contribution < -0.4 is 0 Å². The Morgan fingerprint density at radius 1 is 1.35 bits per heavy atom. The van der Waals surface area contributed by atoms with Crippen molar-refractivity contribution in [2.75, 3.05) is 6.61 Å². The molecule has 3 rings (SSSR count). The molecular weight excluding hydrogens is 324 g/mol. The lowest BCUT2D eigenvalue weighted by Gasteiger charge is -2.48. The molecule has 0 radical (unpaired) electrons. The number of ether oxygens (including phenoxy) is 2. The number of rotatable bonds is 1. The summed E-state index contributed by atoms with van der Waals surface area (Å²) < 4.78 is 11.2. The minimum Gasteiger partial charge on any atom is -0.502 e. The first-order valence-electron chi connectivity index (χ1n) is 7.17. The molecule has 1 saturated carbocycles. The zero-order valence-electron chi connectivity index (χ0n) is 12.1. The fraction of sp³-hybridized carbons (Fsp3) is 0.800. The van der Waals surface area contributed by atoms with E-state index in [0.29, 0.717) is 16.3 Å². The monoisotopic (exact) mass is 344 g/mol. The number of hydrogen-bond donors (Lipinski definition) is 1. The summed E-state index contributed by atoms with van der Waals surface area (Å²) in [7, 11) is 0. The van der Waals surface area contributed by atoms with Crippen molar-refractivity contribution in [2.45, 2.75) is 56.6 Å². The number of fused-ring (bicyclic) bond motifs is 1. The summed E-state index contributed by atoms with van der Waals surface area (Å²) in [6.45, 7) is 6.86. The van der Waals surface area contributed by atoms with Crippen molar-refractivity contribution in [1.29, 1.82) is 0 Å². The van der Waals surface area contributed by atoms with Gasteiger partial charge in [0, 0.05) is 10.4 Å². The van der Waals surface area contributed by atoms with Crippen LogP contribution in [-0.4, -0.2) is 34.2 Å². The van der Waals surface area contributed by atoms with Gasteiger partial charge in [0.25, 0.3) is 0 Å². The molecule has 4 atom stereocenters. The summed E-state index contributed by atoms with van der Waals surface area (Å²) >= 11 is 3.80. The van der Waals surface area contributed by atoms with Crippen LogP contribution in [0.4, 0.5) is 0 Å². The lowest BCUT2D eigenvalue weighted by molar-refractivity contribution is -0.138. The van der Waals surface area contributed by atoms with Crippen LogP contribution >= 0.6 is 15.9 Å². The van der Waals surface area contributed by atoms with Gasteiger partial charge in [-0.25, -0.2) is 4.79 Å². The molecule has 2 heterocycles. The fourth-order valence-electron chi connectivity index (χ4n) is 4.12. The molecule has 0 aromatic rings. The van der Waals surface area contributed by atoms with Gasteiger partial charge in [-0.3, -0.25) is 0 Å². The van der Waals surface area contributed by atoms with Crippen LogP contribution in [0.1, 0.15) is 40.0 Å². The summed E-state index contributed by atoms with van der Waals surface area (Å²) in [5.41, 5.74) is 0.561. The van der Waals surface area contributed by atoms with Gasteiger partial charge in [0.15, 0.2) is 0 Å². The maximum absolute atomic E-state index is 11.3. The Morgan fingerprint density at radius 2 is 2.05 bits per heavy atom. The van der Waals surface area contributed by atoms with Crippen molar-refractivity contribution >= 4 is 21.9 Å². The highest BCUT2D eigenvalue weighted by atomic mass is 79.9. The van der Waals surface area contributed by atoms with E-state index in [1.807, 2.05) is 0 Å². The molecule has 1 N–H and O–H groups in total. The molecule has 0 spiro atoms. The smallest absolute Gasteiger partial charge is 0.373 e. The third-order valence-electron chi connectivity index (χ3n) is 5.44. The average molecular weight is 345 g/mol. The second-order valence-corrected chi connectivity index (χ2v) is 8.09. The number of cyclic esters (lactones) is 1. The number of aliphatic hydroxyl groups is 1. The average Bonchev–Trinajstić information content (AvgIpc) is 2.89. The molecule has 0 aromatic heterocycles. The van der Waals surface area contributed by atoms with E-state index in [-0.39, 0.29) is 29.5 Å². The first kappa shape index (κ1) is 14.4. The molecule has 0 bridgehead atoms. The largest absolute Gasteiger partial charge is 0.502 e. The third kappa shape index (κ3) is 1.93. The SMILES string of the molecule is CC1(C)[C@@H](Br)CC[C@]2(C)O[C@@H](C3=C(O)C(=O)OC3)C[C@@H]12. The summed E-state index contributed by atoms with van der Waals surface area (Å²) in [4.78, 5) is 11.8. The van der Waals surface area contributed by atoms with Crippen molar-refractivity contribution in [3.8, 4) is 0 Å². The summed E-state index contributed by atoms with van der Waals surface area (Å²) in [6.07, 6.45) is 2.71. The molecule has 1 aliphatic carbocycles. The predicted molar refractivity (Wildman–Crippen MR) is 77.7 cm³/mol. The summed E-state index contributed by atoms with van der Waals surface area (Å²) in [5, 5.41) is 9.83. The van der Waals surface area contributed by atoms with Gasteiger partial charge in [0.05, 0.1) is 11.7 Å². The van der Waals surface area contributed by atoms with Crippen molar-refractivity contribution in [3.63, 3.8) is 0 Å². The van der Waals surface area contributed by atoms with Crippen LogP contribution in [0.3, 0.4) is 0 Å². The Morgan fingerprint density at radius 3 is 2.65 bits per heavy atom. The number of halogens is 1. The maximum atomic E-state index is 11.3. The second-order valence-electron chi connectivity index (χ2n) is 6.99. The number of esters is 1. The van der Waals surface area contributed by atoms with Crippen LogP contribution in [0.5, 0.6) is 0 Å². The van der Waals surface area contributed by atoms with Gasteiger partial charge in [0.1, 0.15) is 6.61 Å². The van der Waals surface area contributed by atoms with Crippen molar-refractivity contribution in [2.24, 2.45) is 11.3 Å². The topological polar surface area (TPSA) is 55.8 Å². The molecule has 3 aliphatic rings. The Kier molecular flexibility index (Phi) is 3.22. The van der Waals surface area contributed by atoms with Crippen LogP contribution in [0.25, 0.3) is 0 Å². The van der Waals surface area contributed by atoms with E-state index < -0.39 is 5.97 Å². The van der Waals surface area contributed by atoms with E-state index in [0.717, 1.165) is 19.3 Å². The Balaban J connectivity index is 1.89. The maximum Gasteiger partial charge on any atom is 0.373 e. The molecule has 4 nitrogen and oxygen atoms in total. The number of hydrogen-bond acceptors (Lipinski definition) is 4. The van der Waals surface area contributed by atoms with Crippen LogP contribution in [0.2, 0.25) is 0 Å². The lowest BCUT2D eigenvalue weighted by Crippen LogP contribution is -2.49. The fourth-order valence-corrected chi connectivity index (χ4v) is 4.66. The first-order chi connectivity index (χ1) is 9.25. The number of alkyl halides is 1. The van der Waals surface area contributed by atoms with Crippen molar-refractivity contribution in [1.82, 2.24) is 0 Å². The lowest BCUT2D eigenvalue weighted by atomic mass is 9.61. The molecule has 112 valence electrons. The van der Waals surface area contributed by atoms with E-state index >= 15 is 0 Å². The Bertz CT molecular complexity index is 484. The van der Waals surface area contributed by atoms with Gasteiger partial charge in [-0.05, 0) is 37.5 Å². The Labute approximate surface area is 127 Å². The molecule has 0 aromatic carbocycles. The van der Waals surface area contributed by atoms with E-state index in [2.05, 4.69) is 36.7 Å². The molecule has 5 heteroatoms. The minimum absolute atomic E-state index is 0.126. The van der Waals surface area contributed by atoms with E-state index in [1.54, 1.807) is 0 Å². The van der Waals surface area contributed by atoms with Gasteiger partial charge in [-0.15, -0.1) is 0 Å². The number of carbonyl (C=O) groups is 1. The summed E-state index contributed by atoms with van der Waals surface area (Å²) in [6, 6.07) is 0. The molecule has 2 fully saturated rings. The van der Waals surface area contributed by atoms with Gasteiger partial charge in [-0.1, -0.05) is 29.8 Å². The molecule has 0 amide bonds. The van der Waals surface area contributed by atoms with Crippen LogP contribution in [0.15, 0.2) is 11.3 Å². The number of aliphatic hydroxyl groups excluding tert-OH is 1. The molecule has 2 aliphatic heterocycles. The zero-order valence-corrected chi connectivity index (χ0v) is 13.7. The third-order valence-corrected chi connectivity index (χ3v) is 7.08.